The van der Waals surface area contributed by atoms with E-state index in [0.717, 1.165) is 89.9 Å². The molecule has 0 radical (unpaired) electrons. The molecule has 1 fully saturated rings. The van der Waals surface area contributed by atoms with Gasteiger partial charge in [-0.25, -0.2) is 4.79 Å². The first kappa shape index (κ1) is 79.7. The Balaban J connectivity index is 2.62. The fourth-order valence-corrected chi connectivity index (χ4v) is 11.0. The molecule has 6 unspecified atom stereocenters. The number of carbonyl (C=O) groups is 4. The maximum atomic E-state index is 13.2. The second-order valence-corrected chi connectivity index (χ2v) is 24.5. The fourth-order valence-electron chi connectivity index (χ4n) is 11.0. The van der Waals surface area contributed by atoms with Crippen molar-refractivity contribution in [3.63, 3.8) is 0 Å². The van der Waals surface area contributed by atoms with Gasteiger partial charge in [0.1, 0.15) is 18.8 Å². The number of hydrogen-bond donors (Lipinski definition) is 3. The zero-order valence-corrected chi connectivity index (χ0v) is 54.9. The molecule has 1 aliphatic heterocycles. The molecule has 85 heavy (non-hydrogen) atoms. The molecule has 0 aromatic heterocycles. The molecule has 3 N–H and O–H groups in total. The molecule has 1 aliphatic rings. The van der Waals surface area contributed by atoms with E-state index in [4.69, 9.17) is 23.7 Å². The number of carboxylic acid groups (broad SMARTS) is 1. The van der Waals surface area contributed by atoms with Gasteiger partial charge in [-0.3, -0.25) is 14.4 Å². The zero-order chi connectivity index (χ0) is 61.7. The van der Waals surface area contributed by atoms with Crippen molar-refractivity contribution in [1.82, 2.24) is 0 Å². The van der Waals surface area contributed by atoms with E-state index in [0.29, 0.717) is 19.3 Å². The number of rotatable bonds is 62. The number of carbonyl (C=O) groups excluding carboxylic acids is 3. The lowest BCUT2D eigenvalue weighted by Gasteiger charge is -2.40. The molecule has 0 amide bonds. The van der Waals surface area contributed by atoms with Gasteiger partial charge in [-0.15, -0.1) is 0 Å². The van der Waals surface area contributed by atoms with Crippen LogP contribution >= 0.6 is 0 Å². The maximum Gasteiger partial charge on any atom is 0.335 e. The third-order valence-electron chi connectivity index (χ3n) is 16.4. The molecule has 0 bridgehead atoms. The second kappa shape index (κ2) is 60.9. The van der Waals surface area contributed by atoms with Crippen LogP contribution in [0.2, 0.25) is 0 Å². The molecule has 12 heteroatoms. The number of ether oxygens (including phenoxy) is 5. The van der Waals surface area contributed by atoms with Crippen LogP contribution in [0.5, 0.6) is 0 Å². The average molecular weight is 1200 g/mol. The molecule has 0 aliphatic carbocycles. The van der Waals surface area contributed by atoms with Crippen molar-refractivity contribution in [1.29, 1.82) is 0 Å². The van der Waals surface area contributed by atoms with E-state index >= 15 is 0 Å². The smallest absolute Gasteiger partial charge is 0.335 e. The molecule has 12 nitrogen and oxygen atoms in total. The van der Waals surface area contributed by atoms with Gasteiger partial charge < -0.3 is 39.0 Å². The van der Waals surface area contributed by atoms with Crippen LogP contribution < -0.4 is 0 Å². The topological polar surface area (TPSA) is 175 Å². The molecular weight excluding hydrogens is 1070 g/mol. The summed E-state index contributed by atoms with van der Waals surface area (Å²) in [7, 11) is 0. The van der Waals surface area contributed by atoms with Gasteiger partial charge in [-0.05, 0) is 57.8 Å². The Morgan fingerprint density at radius 1 is 0.400 bits per heavy atom. The number of aliphatic hydroxyl groups is 2. The summed E-state index contributed by atoms with van der Waals surface area (Å²) in [5.41, 5.74) is 0. The van der Waals surface area contributed by atoms with Crippen molar-refractivity contribution in [2.75, 3.05) is 13.2 Å². The Kier molecular flexibility index (Phi) is 57.1. The van der Waals surface area contributed by atoms with Crippen molar-refractivity contribution in [3.05, 3.63) is 48.6 Å². The van der Waals surface area contributed by atoms with E-state index in [1.807, 2.05) is 0 Å². The van der Waals surface area contributed by atoms with E-state index < -0.39 is 67.3 Å². The van der Waals surface area contributed by atoms with Crippen LogP contribution in [-0.4, -0.2) is 89.2 Å². The molecule has 0 saturated carbocycles. The number of aliphatic hydroxyl groups excluding tert-OH is 2. The largest absolute Gasteiger partial charge is 0.479 e. The average Bonchev–Trinajstić information content (AvgIpc) is 3.53. The Morgan fingerprint density at radius 3 is 1.13 bits per heavy atom. The van der Waals surface area contributed by atoms with Gasteiger partial charge in [0.15, 0.2) is 24.6 Å². The first-order valence-corrected chi connectivity index (χ1v) is 35.6. The van der Waals surface area contributed by atoms with Gasteiger partial charge in [0.2, 0.25) is 0 Å². The van der Waals surface area contributed by atoms with Crippen molar-refractivity contribution >= 4 is 23.9 Å². The molecule has 1 saturated heterocycles. The molecule has 0 spiro atoms. The molecule has 0 aromatic rings. The normalized spacial score (nSPS) is 17.7. The summed E-state index contributed by atoms with van der Waals surface area (Å²) in [5, 5.41) is 31.7. The highest BCUT2D eigenvalue weighted by atomic mass is 16.7. The SMILES string of the molecule is CC/C=C\C/C=C\C/C=C\C/C=C\CCCCCCC(=O)OC(COC(=O)CCCCCCCCCCCCCCCCCCCCC)COC1OC(C(=O)O)C(O)C(O)C1OC(=O)CCCCCCCCCCCCCCCCCCCCC. The van der Waals surface area contributed by atoms with Crippen LogP contribution in [0, 0.1) is 0 Å². The Bertz CT molecular complexity index is 1660. The lowest BCUT2D eigenvalue weighted by molar-refractivity contribution is -0.301. The number of aliphatic carboxylic acids is 1. The molecule has 494 valence electrons. The summed E-state index contributed by atoms with van der Waals surface area (Å²) in [5.74, 6) is -3.11. The minimum Gasteiger partial charge on any atom is -0.479 e. The highest BCUT2D eigenvalue weighted by Crippen LogP contribution is 2.27. The monoisotopic (exact) mass is 1200 g/mol. The van der Waals surface area contributed by atoms with Crippen molar-refractivity contribution in [2.24, 2.45) is 0 Å². The highest BCUT2D eigenvalue weighted by Gasteiger charge is 2.50. The second-order valence-electron chi connectivity index (χ2n) is 24.5. The lowest BCUT2D eigenvalue weighted by Crippen LogP contribution is -2.61. The van der Waals surface area contributed by atoms with E-state index in [9.17, 15) is 34.5 Å². The van der Waals surface area contributed by atoms with Gasteiger partial charge in [0, 0.05) is 19.3 Å². The Hall–Kier alpha value is -3.32. The predicted octanol–water partition coefficient (Wildman–Crippen LogP) is 19.7. The van der Waals surface area contributed by atoms with Crippen molar-refractivity contribution in [3.8, 4) is 0 Å². The lowest BCUT2D eigenvalue weighted by atomic mass is 9.98. The third-order valence-corrected chi connectivity index (χ3v) is 16.4. The number of esters is 3. The van der Waals surface area contributed by atoms with Crippen molar-refractivity contribution < 1.29 is 58.2 Å². The quantitative estimate of drug-likeness (QED) is 0.0228. The van der Waals surface area contributed by atoms with Crippen LogP contribution in [0.25, 0.3) is 0 Å². The maximum absolute atomic E-state index is 13.2. The van der Waals surface area contributed by atoms with E-state index in [-0.39, 0.29) is 25.9 Å². The standard InChI is InChI=1S/C73H130O12/c1-4-7-10-13-16-19-22-25-28-31-33-36-38-41-44-47-50-53-56-59-65(74)81-62-64(83-66(75)60-57-54-51-48-45-42-39-35-30-27-24-21-18-15-12-9-6-3)63-82-73-71(69(78)68(77)70(85-73)72(79)80)84-67(76)61-58-55-52-49-46-43-40-37-34-32-29-26-23-20-17-14-11-8-5-2/h9,12,18,21,27,30,39,42,64,68-71,73,77-78H,4-8,10-11,13-17,19-20,22-26,28-29,31-38,40-41,43-63H2,1-3H3,(H,79,80)/b12-9-,21-18-,30-27-,42-39-. The van der Waals surface area contributed by atoms with Crippen LogP contribution in [-0.2, 0) is 42.9 Å². The highest BCUT2D eigenvalue weighted by molar-refractivity contribution is 5.74. The first-order valence-electron chi connectivity index (χ1n) is 35.6. The third kappa shape index (κ3) is 50.3. The Morgan fingerprint density at radius 2 is 0.741 bits per heavy atom. The van der Waals surface area contributed by atoms with Gasteiger partial charge in [0.05, 0.1) is 6.61 Å². The molecular formula is C73H130O12. The summed E-state index contributed by atoms with van der Waals surface area (Å²) in [6, 6.07) is 0. The molecule has 6 atom stereocenters. The first-order chi connectivity index (χ1) is 41.6. The minimum absolute atomic E-state index is 0.0629. The number of carboxylic acids is 1. The number of unbranched alkanes of at least 4 members (excludes halogenated alkanes) is 40. The summed E-state index contributed by atoms with van der Waals surface area (Å²) in [6.07, 6.45) is 63.5. The minimum atomic E-state index is -1.90. The van der Waals surface area contributed by atoms with Crippen LogP contribution in [0.4, 0.5) is 0 Å². The predicted molar refractivity (Wildman–Crippen MR) is 349 cm³/mol. The van der Waals surface area contributed by atoms with Crippen molar-refractivity contribution in [2.45, 2.75) is 379 Å². The Labute approximate surface area is 520 Å². The van der Waals surface area contributed by atoms with E-state index in [1.54, 1.807) is 0 Å². The van der Waals surface area contributed by atoms with E-state index in [1.165, 1.54) is 193 Å². The number of allylic oxidation sites excluding steroid dienone is 8. The summed E-state index contributed by atoms with van der Waals surface area (Å²) in [4.78, 5) is 51.5. The zero-order valence-electron chi connectivity index (χ0n) is 54.9. The van der Waals surface area contributed by atoms with E-state index in [2.05, 4.69) is 69.4 Å². The number of hydrogen-bond acceptors (Lipinski definition) is 11. The fraction of sp³-hybridized carbons (Fsp3) is 0.836. The molecule has 0 aromatic carbocycles. The summed E-state index contributed by atoms with van der Waals surface area (Å²) >= 11 is 0. The molecule has 1 rings (SSSR count). The molecule has 1 heterocycles. The van der Waals surface area contributed by atoms with Crippen LogP contribution in [0.1, 0.15) is 342 Å². The van der Waals surface area contributed by atoms with Crippen LogP contribution in [0.3, 0.4) is 0 Å². The van der Waals surface area contributed by atoms with Gasteiger partial charge in [0.25, 0.3) is 0 Å². The van der Waals surface area contributed by atoms with Gasteiger partial charge in [-0.2, -0.15) is 0 Å². The summed E-state index contributed by atoms with van der Waals surface area (Å²) in [6.45, 7) is 5.94. The van der Waals surface area contributed by atoms with Gasteiger partial charge in [-0.1, -0.05) is 313 Å². The van der Waals surface area contributed by atoms with Gasteiger partial charge >= 0.3 is 23.9 Å². The van der Waals surface area contributed by atoms with Crippen LogP contribution in [0.15, 0.2) is 48.6 Å². The summed E-state index contributed by atoms with van der Waals surface area (Å²) < 4.78 is 28.6.